The maximum atomic E-state index is 10.5. The van der Waals surface area contributed by atoms with E-state index >= 15 is 0 Å². The minimum absolute atomic E-state index is 0.523. The Labute approximate surface area is 123 Å². The fraction of sp³-hybridized carbons (Fsp3) is 0.429. The van der Waals surface area contributed by atoms with Gasteiger partial charge in [0.15, 0.2) is 0 Å². The molecule has 0 fully saturated rings. The molecule has 1 rings (SSSR count). The van der Waals surface area contributed by atoms with Crippen LogP contribution in [0.3, 0.4) is 0 Å². The van der Waals surface area contributed by atoms with Crippen molar-refractivity contribution in [3.05, 3.63) is 30.3 Å². The molecule has 0 aliphatic heterocycles. The van der Waals surface area contributed by atoms with Gasteiger partial charge >= 0.3 is 5.97 Å². The number of benzene rings is 1. The first-order valence-corrected chi connectivity index (χ1v) is 7.40. The Morgan fingerprint density at radius 2 is 2.15 bits per heavy atom. The van der Waals surface area contributed by atoms with Crippen molar-refractivity contribution in [1.82, 2.24) is 5.32 Å². The van der Waals surface area contributed by atoms with Crippen LogP contribution in [-0.4, -0.2) is 36.4 Å². The van der Waals surface area contributed by atoms with Crippen molar-refractivity contribution >= 4 is 24.1 Å². The number of carboxylic acids is 1. The van der Waals surface area contributed by atoms with Gasteiger partial charge in [-0.2, -0.15) is 0 Å². The van der Waals surface area contributed by atoms with Gasteiger partial charge in [-0.15, -0.1) is 0 Å². The summed E-state index contributed by atoms with van der Waals surface area (Å²) in [6.07, 6.45) is 4.09. The molecule has 0 saturated heterocycles. The van der Waals surface area contributed by atoms with Crippen molar-refractivity contribution in [2.24, 2.45) is 10.1 Å². The summed E-state index contributed by atoms with van der Waals surface area (Å²) in [6.45, 7) is 1.55. The van der Waals surface area contributed by atoms with Crippen molar-refractivity contribution in [2.45, 2.75) is 30.2 Å². The molecule has 0 bridgehead atoms. The summed E-state index contributed by atoms with van der Waals surface area (Å²) in [5, 5.41) is 11.8. The van der Waals surface area contributed by atoms with Crippen LogP contribution in [0, 0.1) is 0 Å². The van der Waals surface area contributed by atoms with Gasteiger partial charge in [0.25, 0.3) is 0 Å². The first kappa shape index (κ1) is 16.7. The predicted octanol–water partition coefficient (Wildman–Crippen LogP) is 1.94. The Morgan fingerprint density at radius 1 is 1.40 bits per heavy atom. The molecule has 0 aliphatic carbocycles. The zero-order valence-corrected chi connectivity index (χ0v) is 12.2. The first-order valence-electron chi connectivity index (χ1n) is 6.63. The molecule has 0 unspecified atom stereocenters. The number of nitrogens with one attached hydrogen (secondary N) is 1. The highest BCUT2D eigenvalue weighted by Crippen LogP contribution is 2.16. The van der Waals surface area contributed by atoms with Gasteiger partial charge in [0, 0.05) is 29.6 Å². The third kappa shape index (κ3) is 7.93. The number of hydrogen-bond acceptors (Lipinski definition) is 5. The Hall–Kier alpha value is -1.37. The van der Waals surface area contributed by atoms with E-state index in [2.05, 4.69) is 9.71 Å². The van der Waals surface area contributed by atoms with Gasteiger partial charge in [-0.05, 0) is 31.5 Å². The summed E-state index contributed by atoms with van der Waals surface area (Å²) >= 11 is 1.44. The van der Waals surface area contributed by atoms with Crippen LogP contribution in [0.2, 0.25) is 0 Å². The van der Waals surface area contributed by atoms with E-state index in [-0.39, 0.29) is 0 Å². The van der Waals surface area contributed by atoms with E-state index in [0.717, 1.165) is 24.3 Å². The van der Waals surface area contributed by atoms with E-state index in [1.165, 1.54) is 11.9 Å². The molecule has 0 aromatic heterocycles. The molecule has 110 valence electrons. The minimum Gasteiger partial charge on any atom is -0.480 e. The highest BCUT2D eigenvalue weighted by atomic mass is 32.2. The molecule has 1 aromatic carbocycles. The lowest BCUT2D eigenvalue weighted by atomic mass is 10.1. The molecule has 20 heavy (non-hydrogen) atoms. The van der Waals surface area contributed by atoms with E-state index in [1.807, 2.05) is 36.5 Å². The summed E-state index contributed by atoms with van der Waals surface area (Å²) in [6, 6.07) is 9.24. The van der Waals surface area contributed by atoms with Gasteiger partial charge in [0.05, 0.1) is 0 Å². The second kappa shape index (κ2) is 10.4. The van der Waals surface area contributed by atoms with Crippen molar-refractivity contribution in [2.75, 3.05) is 13.1 Å². The van der Waals surface area contributed by atoms with Gasteiger partial charge in [-0.1, -0.05) is 24.6 Å². The second-order valence-corrected chi connectivity index (χ2v) is 5.20. The second-order valence-electron chi connectivity index (χ2n) is 4.34. The third-order valence-electron chi connectivity index (χ3n) is 2.65. The minimum atomic E-state index is -0.928. The zero-order chi connectivity index (χ0) is 14.6. The van der Waals surface area contributed by atoms with E-state index < -0.39 is 12.0 Å². The van der Waals surface area contributed by atoms with Crippen LogP contribution in [0.5, 0.6) is 0 Å². The Kier molecular flexibility index (Phi) is 8.69. The maximum Gasteiger partial charge on any atom is 0.320 e. The van der Waals surface area contributed by atoms with Gasteiger partial charge in [0.2, 0.25) is 0 Å². The molecule has 4 N–H and O–H groups in total. The molecule has 0 heterocycles. The number of nitrogens with two attached hydrogens (primary N) is 1. The topological polar surface area (TPSA) is 87.7 Å². The van der Waals surface area contributed by atoms with Gasteiger partial charge in [0.1, 0.15) is 6.04 Å². The lowest BCUT2D eigenvalue weighted by Gasteiger charge is -2.05. The summed E-state index contributed by atoms with van der Waals surface area (Å²) < 4.78 is 4.24. The first-order chi connectivity index (χ1) is 9.70. The van der Waals surface area contributed by atoms with E-state index in [9.17, 15) is 4.79 Å². The van der Waals surface area contributed by atoms with E-state index in [0.29, 0.717) is 13.0 Å². The quantitative estimate of drug-likeness (QED) is 0.349. The lowest BCUT2D eigenvalue weighted by molar-refractivity contribution is -0.138. The summed E-state index contributed by atoms with van der Waals surface area (Å²) in [4.78, 5) is 11.6. The standard InChI is InChI=1S/C14H21N3O2S/c15-13(14(18)19)8-4-5-9-16-10-11-17-20-12-6-2-1-3-7-12/h1-3,6-7,11,13,16H,4-5,8-10,15H2,(H,18,19)/t13-/m0/s1. The summed E-state index contributed by atoms with van der Waals surface area (Å²) in [7, 11) is 0. The number of nitrogens with zero attached hydrogens (tertiary/aromatic N) is 1. The van der Waals surface area contributed by atoms with Gasteiger partial charge < -0.3 is 16.2 Å². The monoisotopic (exact) mass is 295 g/mol. The third-order valence-corrected chi connectivity index (χ3v) is 3.38. The van der Waals surface area contributed by atoms with Crippen LogP contribution in [0.15, 0.2) is 39.6 Å². The average molecular weight is 295 g/mol. The van der Waals surface area contributed by atoms with Crippen LogP contribution < -0.4 is 11.1 Å². The lowest BCUT2D eigenvalue weighted by Crippen LogP contribution is -2.30. The summed E-state index contributed by atoms with van der Waals surface area (Å²) in [5.41, 5.74) is 5.41. The number of hydrogen-bond donors (Lipinski definition) is 3. The molecule has 0 radical (unpaired) electrons. The van der Waals surface area contributed by atoms with Gasteiger partial charge in [-0.3, -0.25) is 4.79 Å². The molecule has 0 amide bonds. The normalized spacial score (nSPS) is 12.7. The largest absolute Gasteiger partial charge is 0.480 e. The molecule has 5 nitrogen and oxygen atoms in total. The van der Waals surface area contributed by atoms with Gasteiger partial charge in [-0.25, -0.2) is 4.40 Å². The highest BCUT2D eigenvalue weighted by molar-refractivity contribution is 7.98. The van der Waals surface area contributed by atoms with Crippen LogP contribution in [0.1, 0.15) is 19.3 Å². The molecule has 1 atom stereocenters. The van der Waals surface area contributed by atoms with Crippen LogP contribution in [0.25, 0.3) is 0 Å². The number of carboxylic acid groups (broad SMARTS) is 1. The molecular formula is C14H21N3O2S. The Bertz CT molecular complexity index is 412. The Balaban J connectivity index is 1.96. The maximum absolute atomic E-state index is 10.5. The van der Waals surface area contributed by atoms with Crippen LogP contribution in [0.4, 0.5) is 0 Å². The SMILES string of the molecule is N[C@@H](CCCCNCC=NSc1ccccc1)C(=O)O. The number of aliphatic carboxylic acids is 1. The van der Waals surface area contributed by atoms with E-state index in [4.69, 9.17) is 10.8 Å². The fourth-order valence-corrected chi connectivity index (χ4v) is 2.07. The van der Waals surface area contributed by atoms with Crippen LogP contribution in [-0.2, 0) is 4.79 Å². The van der Waals surface area contributed by atoms with Crippen LogP contribution >= 0.6 is 11.9 Å². The van der Waals surface area contributed by atoms with Crippen molar-refractivity contribution in [3.8, 4) is 0 Å². The molecule has 6 heteroatoms. The molecule has 1 aromatic rings. The number of rotatable bonds is 10. The Morgan fingerprint density at radius 3 is 2.85 bits per heavy atom. The van der Waals surface area contributed by atoms with Crippen molar-refractivity contribution < 1.29 is 9.90 Å². The predicted molar refractivity (Wildman–Crippen MR) is 83.1 cm³/mol. The molecular weight excluding hydrogens is 274 g/mol. The molecule has 0 saturated carbocycles. The average Bonchev–Trinajstić information content (AvgIpc) is 2.46. The molecule has 0 aliphatic rings. The smallest absolute Gasteiger partial charge is 0.320 e. The fourth-order valence-electron chi connectivity index (χ4n) is 1.52. The number of carbonyl (C=O) groups is 1. The van der Waals surface area contributed by atoms with Crippen molar-refractivity contribution in [3.63, 3.8) is 0 Å². The van der Waals surface area contributed by atoms with Crippen molar-refractivity contribution in [1.29, 1.82) is 0 Å². The number of unbranched alkanes of at least 4 members (excludes halogenated alkanes) is 1. The zero-order valence-electron chi connectivity index (χ0n) is 11.4. The molecule has 0 spiro atoms. The highest BCUT2D eigenvalue weighted by Gasteiger charge is 2.09. The van der Waals surface area contributed by atoms with E-state index in [1.54, 1.807) is 0 Å². The summed E-state index contributed by atoms with van der Waals surface area (Å²) in [5.74, 6) is -0.928.